The molecule has 3 heteroatoms. The first-order valence-corrected chi connectivity index (χ1v) is 3.17. The SMILES string of the molecule is CC.CC[C@H](N)C(=O)O. The van der Waals surface area contributed by atoms with E-state index >= 15 is 0 Å². The number of carboxylic acids is 1. The van der Waals surface area contributed by atoms with Crippen molar-refractivity contribution < 1.29 is 9.90 Å². The predicted octanol–water partition coefficient (Wildman–Crippen LogP) is 0.834. The van der Waals surface area contributed by atoms with Crippen molar-refractivity contribution in [3.05, 3.63) is 0 Å². The second-order valence-corrected chi connectivity index (χ2v) is 1.35. The second kappa shape index (κ2) is 7.43. The fourth-order valence-corrected chi connectivity index (χ4v) is 0.175. The van der Waals surface area contributed by atoms with Crippen LogP contribution in [0, 0.1) is 0 Å². The third kappa shape index (κ3) is 7.43. The summed E-state index contributed by atoms with van der Waals surface area (Å²) in [6.07, 6.45) is 0.495. The molecule has 3 nitrogen and oxygen atoms in total. The van der Waals surface area contributed by atoms with E-state index in [4.69, 9.17) is 10.8 Å². The standard InChI is InChI=1S/C4H9NO2.C2H6/c1-2-3(5)4(6)7;1-2/h3H,2,5H2,1H3,(H,6,7);1-2H3/t3-;/m0./s1. The van der Waals surface area contributed by atoms with Crippen LogP contribution in [0.1, 0.15) is 27.2 Å². The van der Waals surface area contributed by atoms with Crippen molar-refractivity contribution >= 4 is 5.97 Å². The zero-order valence-corrected chi connectivity index (χ0v) is 6.22. The van der Waals surface area contributed by atoms with Crippen molar-refractivity contribution in [1.82, 2.24) is 0 Å². The lowest BCUT2D eigenvalue weighted by atomic mass is 10.2. The van der Waals surface area contributed by atoms with Gasteiger partial charge in [-0.2, -0.15) is 0 Å². The van der Waals surface area contributed by atoms with Gasteiger partial charge in [0.15, 0.2) is 0 Å². The van der Waals surface area contributed by atoms with Crippen molar-refractivity contribution in [2.24, 2.45) is 5.73 Å². The largest absolute Gasteiger partial charge is 0.480 e. The van der Waals surface area contributed by atoms with E-state index in [1.807, 2.05) is 13.8 Å². The Balaban J connectivity index is 0. The number of rotatable bonds is 2. The molecule has 3 N–H and O–H groups in total. The number of carboxylic acid groups (broad SMARTS) is 1. The lowest BCUT2D eigenvalue weighted by Gasteiger charge is -1.97. The molecule has 0 aliphatic heterocycles. The Kier molecular flexibility index (Phi) is 9.29. The molecule has 0 aromatic rings. The third-order valence-corrected chi connectivity index (χ3v) is 0.757. The first-order chi connectivity index (χ1) is 4.18. The van der Waals surface area contributed by atoms with Crippen LogP contribution in [-0.2, 0) is 4.79 Å². The molecule has 0 bridgehead atoms. The van der Waals surface area contributed by atoms with E-state index < -0.39 is 12.0 Å². The number of aliphatic carboxylic acids is 1. The molecule has 1 atom stereocenters. The van der Waals surface area contributed by atoms with Gasteiger partial charge in [0.05, 0.1) is 0 Å². The van der Waals surface area contributed by atoms with Gasteiger partial charge in [0.1, 0.15) is 6.04 Å². The molecule has 0 heterocycles. The summed E-state index contributed by atoms with van der Waals surface area (Å²) in [6, 6.07) is -0.681. The van der Waals surface area contributed by atoms with Crippen LogP contribution in [0.4, 0.5) is 0 Å². The van der Waals surface area contributed by atoms with Gasteiger partial charge >= 0.3 is 5.97 Å². The average Bonchev–Trinajstić information content (AvgIpc) is 1.91. The van der Waals surface area contributed by atoms with Crippen molar-refractivity contribution in [3.8, 4) is 0 Å². The highest BCUT2D eigenvalue weighted by atomic mass is 16.4. The summed E-state index contributed by atoms with van der Waals surface area (Å²) in [5, 5.41) is 8.06. The van der Waals surface area contributed by atoms with Crippen molar-refractivity contribution in [2.45, 2.75) is 33.2 Å². The molecular formula is C6H15NO2. The normalized spacial score (nSPS) is 11.1. The molecule has 0 rings (SSSR count). The van der Waals surface area contributed by atoms with Crippen LogP contribution >= 0.6 is 0 Å². The van der Waals surface area contributed by atoms with E-state index in [2.05, 4.69) is 0 Å². The van der Waals surface area contributed by atoms with E-state index in [0.717, 1.165) is 0 Å². The summed E-state index contributed by atoms with van der Waals surface area (Å²) < 4.78 is 0. The maximum absolute atomic E-state index is 9.81. The molecule has 0 fully saturated rings. The highest BCUT2D eigenvalue weighted by Crippen LogP contribution is 1.82. The number of hydrogen-bond acceptors (Lipinski definition) is 2. The highest BCUT2D eigenvalue weighted by molar-refractivity contribution is 5.72. The molecule has 0 radical (unpaired) electrons. The van der Waals surface area contributed by atoms with Crippen LogP contribution in [0.3, 0.4) is 0 Å². The van der Waals surface area contributed by atoms with Crippen molar-refractivity contribution in [2.75, 3.05) is 0 Å². The Labute approximate surface area is 55.9 Å². The summed E-state index contributed by atoms with van der Waals surface area (Å²) in [4.78, 5) is 9.81. The minimum Gasteiger partial charge on any atom is -0.480 e. The number of hydrogen-bond donors (Lipinski definition) is 2. The molecule has 0 saturated carbocycles. The quantitative estimate of drug-likeness (QED) is 0.586. The minimum absolute atomic E-state index is 0.495. The molecule has 0 aromatic heterocycles. The monoisotopic (exact) mass is 133 g/mol. The van der Waals surface area contributed by atoms with Crippen molar-refractivity contribution in [3.63, 3.8) is 0 Å². The zero-order chi connectivity index (χ0) is 7.86. The van der Waals surface area contributed by atoms with E-state index in [0.29, 0.717) is 6.42 Å². The molecule has 0 unspecified atom stereocenters. The topological polar surface area (TPSA) is 63.3 Å². The molecule has 0 aliphatic rings. The molecule has 0 aliphatic carbocycles. The maximum Gasteiger partial charge on any atom is 0.320 e. The molecule has 0 spiro atoms. The van der Waals surface area contributed by atoms with Crippen molar-refractivity contribution in [1.29, 1.82) is 0 Å². The maximum atomic E-state index is 9.81. The van der Waals surface area contributed by atoms with Gasteiger partial charge in [-0.05, 0) is 6.42 Å². The zero-order valence-electron chi connectivity index (χ0n) is 6.22. The summed E-state index contributed by atoms with van der Waals surface area (Å²) in [6.45, 7) is 5.73. The Morgan fingerprint density at radius 1 is 1.67 bits per heavy atom. The third-order valence-electron chi connectivity index (χ3n) is 0.757. The first-order valence-electron chi connectivity index (χ1n) is 3.17. The molecule has 56 valence electrons. The Morgan fingerprint density at radius 3 is 2.00 bits per heavy atom. The smallest absolute Gasteiger partial charge is 0.320 e. The summed E-state index contributed by atoms with van der Waals surface area (Å²) in [5.74, 6) is -0.928. The van der Waals surface area contributed by atoms with Crippen LogP contribution in [0.15, 0.2) is 0 Å². The summed E-state index contributed by atoms with van der Waals surface area (Å²) in [7, 11) is 0. The molecule has 9 heavy (non-hydrogen) atoms. The number of carbonyl (C=O) groups is 1. The van der Waals surface area contributed by atoms with Gasteiger partial charge in [0.25, 0.3) is 0 Å². The molecular weight excluding hydrogens is 118 g/mol. The van der Waals surface area contributed by atoms with E-state index in [1.165, 1.54) is 0 Å². The Hall–Kier alpha value is -0.570. The van der Waals surface area contributed by atoms with Gasteiger partial charge in [0.2, 0.25) is 0 Å². The second-order valence-electron chi connectivity index (χ2n) is 1.35. The molecule has 0 aromatic carbocycles. The Bertz CT molecular complexity index is 73.5. The van der Waals surface area contributed by atoms with Gasteiger partial charge in [-0.3, -0.25) is 4.79 Å². The fourth-order valence-electron chi connectivity index (χ4n) is 0.175. The van der Waals surface area contributed by atoms with Gasteiger partial charge in [-0.15, -0.1) is 0 Å². The van der Waals surface area contributed by atoms with Gasteiger partial charge in [-0.25, -0.2) is 0 Å². The van der Waals surface area contributed by atoms with E-state index in [-0.39, 0.29) is 0 Å². The average molecular weight is 133 g/mol. The van der Waals surface area contributed by atoms with E-state index in [9.17, 15) is 4.79 Å². The van der Waals surface area contributed by atoms with Crippen LogP contribution < -0.4 is 5.73 Å². The fraction of sp³-hybridized carbons (Fsp3) is 0.833. The van der Waals surface area contributed by atoms with Crippen LogP contribution in [0.2, 0.25) is 0 Å². The minimum atomic E-state index is -0.928. The van der Waals surface area contributed by atoms with Gasteiger partial charge in [-0.1, -0.05) is 20.8 Å². The summed E-state index contributed by atoms with van der Waals surface area (Å²) >= 11 is 0. The van der Waals surface area contributed by atoms with E-state index in [1.54, 1.807) is 6.92 Å². The number of nitrogens with two attached hydrogens (primary N) is 1. The summed E-state index contributed by atoms with van der Waals surface area (Å²) in [5.41, 5.74) is 5.02. The highest BCUT2D eigenvalue weighted by Gasteiger charge is 2.05. The predicted molar refractivity (Wildman–Crippen MR) is 37.3 cm³/mol. The van der Waals surface area contributed by atoms with Crippen LogP contribution in [-0.4, -0.2) is 17.1 Å². The van der Waals surface area contributed by atoms with Crippen LogP contribution in [0.5, 0.6) is 0 Å². The van der Waals surface area contributed by atoms with Crippen LogP contribution in [0.25, 0.3) is 0 Å². The molecule has 0 amide bonds. The first kappa shape index (κ1) is 11.3. The molecule has 0 saturated heterocycles. The lowest BCUT2D eigenvalue weighted by Crippen LogP contribution is -2.28. The van der Waals surface area contributed by atoms with Gasteiger partial charge in [0, 0.05) is 0 Å². The lowest BCUT2D eigenvalue weighted by molar-refractivity contribution is -0.138. The Morgan fingerprint density at radius 2 is 2.00 bits per heavy atom. The van der Waals surface area contributed by atoms with Gasteiger partial charge < -0.3 is 10.8 Å².